The smallest absolute Gasteiger partial charge is 0.232 e. The van der Waals surface area contributed by atoms with Gasteiger partial charge in [-0.1, -0.05) is 40.2 Å². The third kappa shape index (κ3) is 3.28. The molecule has 0 bridgehead atoms. The third-order valence-corrected chi connectivity index (χ3v) is 4.48. The number of pyridine rings is 1. The largest absolute Gasteiger partial charge is 0.471 e. The van der Waals surface area contributed by atoms with Crippen LogP contribution in [-0.2, 0) is 0 Å². The van der Waals surface area contributed by atoms with Gasteiger partial charge in [0.05, 0.1) is 6.54 Å². The van der Waals surface area contributed by atoms with E-state index in [0.29, 0.717) is 10.9 Å². The van der Waals surface area contributed by atoms with Crippen LogP contribution in [0.1, 0.15) is 12.0 Å². The van der Waals surface area contributed by atoms with Crippen molar-refractivity contribution >= 4 is 39.3 Å². The van der Waals surface area contributed by atoms with E-state index in [1.807, 2.05) is 12.1 Å². The third-order valence-electron chi connectivity index (χ3n) is 3.70. The molecule has 0 amide bonds. The summed E-state index contributed by atoms with van der Waals surface area (Å²) in [5.74, 6) is 0.510. The van der Waals surface area contributed by atoms with Crippen LogP contribution in [-0.4, -0.2) is 24.2 Å². The topological polar surface area (TPSA) is 25.4 Å². The van der Waals surface area contributed by atoms with Gasteiger partial charge in [-0.25, -0.2) is 4.98 Å². The van der Waals surface area contributed by atoms with E-state index in [-0.39, 0.29) is 6.10 Å². The van der Waals surface area contributed by atoms with Gasteiger partial charge >= 0.3 is 0 Å². The SMILES string of the molecule is C=Cc1cc(Br)ccc1N1CCC(Oc2ncccc2Cl)C1. The molecule has 1 aromatic carbocycles. The quantitative estimate of drug-likeness (QED) is 0.763. The summed E-state index contributed by atoms with van der Waals surface area (Å²) < 4.78 is 6.99. The van der Waals surface area contributed by atoms with Crippen LogP contribution < -0.4 is 9.64 Å². The molecule has 3 rings (SSSR count). The molecule has 0 N–H and O–H groups in total. The minimum absolute atomic E-state index is 0.0914. The fourth-order valence-corrected chi connectivity index (χ4v) is 3.18. The molecular weight excluding hydrogens is 364 g/mol. The van der Waals surface area contributed by atoms with Gasteiger partial charge in [-0.15, -0.1) is 0 Å². The Balaban J connectivity index is 1.73. The lowest BCUT2D eigenvalue weighted by atomic mass is 10.1. The lowest BCUT2D eigenvalue weighted by Gasteiger charge is -2.21. The molecule has 2 heterocycles. The molecule has 1 saturated heterocycles. The minimum Gasteiger partial charge on any atom is -0.471 e. The van der Waals surface area contributed by atoms with Gasteiger partial charge in [0, 0.05) is 29.3 Å². The van der Waals surface area contributed by atoms with Crippen LogP contribution in [0.25, 0.3) is 6.08 Å². The number of ether oxygens (including phenoxy) is 1. The zero-order valence-electron chi connectivity index (χ0n) is 12.0. The van der Waals surface area contributed by atoms with Crippen molar-refractivity contribution < 1.29 is 4.74 Å². The highest BCUT2D eigenvalue weighted by molar-refractivity contribution is 9.10. The van der Waals surface area contributed by atoms with Crippen LogP contribution in [0.5, 0.6) is 5.88 Å². The molecule has 2 aromatic rings. The van der Waals surface area contributed by atoms with Gasteiger partial charge in [-0.3, -0.25) is 0 Å². The Labute approximate surface area is 143 Å². The number of rotatable bonds is 4. The Morgan fingerprint density at radius 3 is 3.05 bits per heavy atom. The van der Waals surface area contributed by atoms with Gasteiger partial charge in [0.2, 0.25) is 5.88 Å². The fraction of sp³-hybridized carbons (Fsp3) is 0.235. The molecule has 3 nitrogen and oxygen atoms in total. The summed E-state index contributed by atoms with van der Waals surface area (Å²) in [7, 11) is 0. The molecule has 1 unspecified atom stereocenters. The van der Waals surface area contributed by atoms with Gasteiger partial charge < -0.3 is 9.64 Å². The summed E-state index contributed by atoms with van der Waals surface area (Å²) in [5.41, 5.74) is 2.29. The summed E-state index contributed by atoms with van der Waals surface area (Å²) in [6.07, 6.45) is 4.61. The Kier molecular flexibility index (Phi) is 4.69. The van der Waals surface area contributed by atoms with Crippen molar-refractivity contribution in [2.75, 3.05) is 18.0 Å². The second-order valence-electron chi connectivity index (χ2n) is 5.17. The van der Waals surface area contributed by atoms with Crippen molar-refractivity contribution in [1.29, 1.82) is 0 Å². The van der Waals surface area contributed by atoms with Gasteiger partial charge in [-0.2, -0.15) is 0 Å². The first-order valence-electron chi connectivity index (χ1n) is 7.11. The molecule has 22 heavy (non-hydrogen) atoms. The molecule has 1 aliphatic rings. The van der Waals surface area contributed by atoms with Gasteiger partial charge in [0.1, 0.15) is 11.1 Å². The second-order valence-corrected chi connectivity index (χ2v) is 6.50. The van der Waals surface area contributed by atoms with E-state index in [9.17, 15) is 0 Å². The molecule has 5 heteroatoms. The molecule has 0 saturated carbocycles. The average Bonchev–Trinajstić information content (AvgIpc) is 2.98. The number of aromatic nitrogens is 1. The lowest BCUT2D eigenvalue weighted by Crippen LogP contribution is -2.25. The van der Waals surface area contributed by atoms with E-state index < -0.39 is 0 Å². The van der Waals surface area contributed by atoms with Crippen LogP contribution in [0.3, 0.4) is 0 Å². The van der Waals surface area contributed by atoms with Crippen molar-refractivity contribution in [2.24, 2.45) is 0 Å². The second kappa shape index (κ2) is 6.71. The number of halogens is 2. The minimum atomic E-state index is 0.0914. The van der Waals surface area contributed by atoms with Crippen LogP contribution in [0.15, 0.2) is 47.6 Å². The molecule has 1 fully saturated rings. The monoisotopic (exact) mass is 378 g/mol. The van der Waals surface area contributed by atoms with E-state index >= 15 is 0 Å². The molecular formula is C17H16BrClN2O. The van der Waals surface area contributed by atoms with Crippen molar-refractivity contribution in [3.8, 4) is 5.88 Å². The Hall–Kier alpha value is -1.52. The summed E-state index contributed by atoms with van der Waals surface area (Å²) >= 11 is 9.60. The maximum Gasteiger partial charge on any atom is 0.232 e. The first-order valence-corrected chi connectivity index (χ1v) is 8.28. The van der Waals surface area contributed by atoms with Gasteiger partial charge in [0.15, 0.2) is 0 Å². The molecule has 0 aliphatic carbocycles. The molecule has 1 atom stereocenters. The Morgan fingerprint density at radius 2 is 2.27 bits per heavy atom. The normalized spacial score (nSPS) is 17.5. The van der Waals surface area contributed by atoms with Crippen molar-refractivity contribution in [1.82, 2.24) is 4.98 Å². The highest BCUT2D eigenvalue weighted by Gasteiger charge is 2.26. The zero-order valence-corrected chi connectivity index (χ0v) is 14.3. The highest BCUT2D eigenvalue weighted by Crippen LogP contribution is 2.30. The average molecular weight is 380 g/mol. The van der Waals surface area contributed by atoms with Gasteiger partial charge in [-0.05, 0) is 35.9 Å². The van der Waals surface area contributed by atoms with E-state index in [2.05, 4.69) is 44.5 Å². The summed E-state index contributed by atoms with van der Waals surface area (Å²) in [6, 6.07) is 9.82. The maximum absolute atomic E-state index is 6.10. The van der Waals surface area contributed by atoms with E-state index in [0.717, 1.165) is 29.5 Å². The van der Waals surface area contributed by atoms with Crippen LogP contribution in [0, 0.1) is 0 Å². The summed E-state index contributed by atoms with van der Waals surface area (Å²) in [5, 5.41) is 0.552. The Morgan fingerprint density at radius 1 is 1.41 bits per heavy atom. The molecule has 0 spiro atoms. The first-order chi connectivity index (χ1) is 10.7. The highest BCUT2D eigenvalue weighted by atomic mass is 79.9. The predicted octanol–water partition coefficient (Wildman–Crippen LogP) is 4.80. The first kappa shape index (κ1) is 15.4. The number of benzene rings is 1. The van der Waals surface area contributed by atoms with Crippen LogP contribution >= 0.6 is 27.5 Å². The van der Waals surface area contributed by atoms with E-state index in [1.165, 1.54) is 5.69 Å². The number of hydrogen-bond acceptors (Lipinski definition) is 3. The standard InChI is InChI=1S/C17H16BrClN2O/c1-2-12-10-13(18)5-6-16(12)21-9-7-14(11-21)22-17-15(19)4-3-8-20-17/h2-6,8,10,14H,1,7,9,11H2. The van der Waals surface area contributed by atoms with Crippen LogP contribution in [0.4, 0.5) is 5.69 Å². The predicted molar refractivity (Wildman–Crippen MR) is 94.7 cm³/mol. The molecule has 0 radical (unpaired) electrons. The van der Waals surface area contributed by atoms with E-state index in [1.54, 1.807) is 18.3 Å². The van der Waals surface area contributed by atoms with E-state index in [4.69, 9.17) is 16.3 Å². The van der Waals surface area contributed by atoms with Gasteiger partial charge in [0.25, 0.3) is 0 Å². The fourth-order valence-electron chi connectivity index (χ4n) is 2.64. The molecule has 114 valence electrons. The Bertz CT molecular complexity index is 692. The summed E-state index contributed by atoms with van der Waals surface area (Å²) in [4.78, 5) is 6.50. The molecule has 1 aliphatic heterocycles. The van der Waals surface area contributed by atoms with Crippen molar-refractivity contribution in [3.63, 3.8) is 0 Å². The number of nitrogens with zero attached hydrogens (tertiary/aromatic N) is 2. The lowest BCUT2D eigenvalue weighted by molar-refractivity contribution is 0.216. The number of anilines is 1. The zero-order chi connectivity index (χ0) is 15.5. The summed E-state index contributed by atoms with van der Waals surface area (Å²) in [6.45, 7) is 5.65. The van der Waals surface area contributed by atoms with Crippen molar-refractivity contribution in [2.45, 2.75) is 12.5 Å². The molecule has 1 aromatic heterocycles. The number of hydrogen-bond donors (Lipinski definition) is 0. The van der Waals surface area contributed by atoms with Crippen molar-refractivity contribution in [3.05, 3.63) is 58.2 Å². The maximum atomic E-state index is 6.10. The van der Waals surface area contributed by atoms with Crippen LogP contribution in [0.2, 0.25) is 5.02 Å².